The quantitative estimate of drug-likeness (QED) is 0.682. The molecule has 2 heterocycles. The van der Waals surface area contributed by atoms with Gasteiger partial charge in [-0.2, -0.15) is 13.2 Å². The van der Waals surface area contributed by atoms with E-state index in [1.165, 1.54) is 6.07 Å². The molecule has 10 heteroatoms. The second kappa shape index (κ2) is 7.90. The van der Waals surface area contributed by atoms with Gasteiger partial charge in [0.25, 0.3) is 5.91 Å². The molecule has 1 aromatic carbocycles. The Balaban J connectivity index is 1.60. The van der Waals surface area contributed by atoms with Crippen molar-refractivity contribution in [3.63, 3.8) is 0 Å². The molecule has 0 aliphatic heterocycles. The molecular weight excluding hydrogens is 387 g/mol. The Morgan fingerprint density at radius 2 is 1.72 bits per heavy atom. The van der Waals surface area contributed by atoms with Crippen molar-refractivity contribution in [2.45, 2.75) is 26.6 Å². The van der Waals surface area contributed by atoms with Crippen molar-refractivity contribution in [1.82, 2.24) is 25.2 Å². The third kappa shape index (κ3) is 4.89. The minimum atomic E-state index is -4.50. The van der Waals surface area contributed by atoms with Gasteiger partial charge in [0.1, 0.15) is 0 Å². The van der Waals surface area contributed by atoms with Crippen LogP contribution in [0.2, 0.25) is 0 Å². The third-order valence-electron chi connectivity index (χ3n) is 4.14. The summed E-state index contributed by atoms with van der Waals surface area (Å²) >= 11 is 0. The van der Waals surface area contributed by atoms with Crippen molar-refractivity contribution in [3.8, 4) is 0 Å². The van der Waals surface area contributed by atoms with Crippen molar-refractivity contribution < 1.29 is 22.8 Å². The lowest BCUT2D eigenvalue weighted by Crippen LogP contribution is -2.37. The number of amides is 2. The Morgan fingerprint density at radius 3 is 2.38 bits per heavy atom. The van der Waals surface area contributed by atoms with Crippen LogP contribution >= 0.6 is 0 Å². The molecule has 2 N–H and O–H groups in total. The van der Waals surface area contributed by atoms with Gasteiger partial charge in [0.05, 0.1) is 18.7 Å². The SMILES string of the molecule is Cc1cc(C)cc(C(=O)NCC(=O)NCc2nnc3ccc(C(F)(F)F)cn23)c1. The van der Waals surface area contributed by atoms with Crippen LogP contribution in [0.1, 0.15) is 32.9 Å². The number of alkyl halides is 3. The topological polar surface area (TPSA) is 88.4 Å². The fourth-order valence-electron chi connectivity index (χ4n) is 2.83. The largest absolute Gasteiger partial charge is 0.417 e. The Labute approximate surface area is 163 Å². The number of nitrogens with one attached hydrogen (secondary N) is 2. The summed E-state index contributed by atoms with van der Waals surface area (Å²) in [5.41, 5.74) is 1.68. The Hall–Kier alpha value is -3.43. The van der Waals surface area contributed by atoms with Crippen LogP contribution in [0.25, 0.3) is 5.65 Å². The van der Waals surface area contributed by atoms with E-state index >= 15 is 0 Å². The number of aromatic nitrogens is 3. The van der Waals surface area contributed by atoms with Gasteiger partial charge in [0, 0.05) is 11.8 Å². The molecule has 0 unspecified atom stereocenters. The van der Waals surface area contributed by atoms with Crippen LogP contribution in [0.5, 0.6) is 0 Å². The van der Waals surface area contributed by atoms with Crippen LogP contribution in [0.4, 0.5) is 13.2 Å². The Kier molecular flexibility index (Phi) is 5.53. The predicted octanol–water partition coefficient (Wildman–Crippen LogP) is 2.41. The van der Waals surface area contributed by atoms with E-state index in [1.807, 2.05) is 19.9 Å². The van der Waals surface area contributed by atoms with Crippen molar-refractivity contribution in [2.75, 3.05) is 6.54 Å². The van der Waals surface area contributed by atoms with Crippen molar-refractivity contribution in [2.24, 2.45) is 0 Å². The Morgan fingerprint density at radius 1 is 1.03 bits per heavy atom. The summed E-state index contributed by atoms with van der Waals surface area (Å²) in [5.74, 6) is -0.763. The maximum atomic E-state index is 12.9. The molecule has 0 saturated heterocycles. The fraction of sp³-hybridized carbons (Fsp3) is 0.263. The first-order valence-electron chi connectivity index (χ1n) is 8.67. The summed E-state index contributed by atoms with van der Waals surface area (Å²) in [6, 6.07) is 7.46. The smallest absolute Gasteiger partial charge is 0.347 e. The highest BCUT2D eigenvalue weighted by Gasteiger charge is 2.31. The second-order valence-corrected chi connectivity index (χ2v) is 6.60. The highest BCUT2D eigenvalue weighted by atomic mass is 19.4. The van der Waals surface area contributed by atoms with Gasteiger partial charge in [-0.3, -0.25) is 14.0 Å². The van der Waals surface area contributed by atoms with Gasteiger partial charge in [-0.1, -0.05) is 17.2 Å². The van der Waals surface area contributed by atoms with Gasteiger partial charge in [0.2, 0.25) is 5.91 Å². The van der Waals surface area contributed by atoms with Crippen LogP contribution in [-0.4, -0.2) is 33.0 Å². The van der Waals surface area contributed by atoms with Crippen LogP contribution in [-0.2, 0) is 17.5 Å². The summed E-state index contributed by atoms with van der Waals surface area (Å²) < 4.78 is 39.8. The molecule has 2 amide bonds. The van der Waals surface area contributed by atoms with E-state index in [-0.39, 0.29) is 24.6 Å². The number of hydrogen-bond acceptors (Lipinski definition) is 4. The minimum Gasteiger partial charge on any atom is -0.347 e. The third-order valence-corrected chi connectivity index (χ3v) is 4.14. The highest BCUT2D eigenvalue weighted by molar-refractivity contribution is 5.96. The number of carbonyl (C=O) groups excluding carboxylic acids is 2. The summed E-state index contributed by atoms with van der Waals surface area (Å²) in [6.45, 7) is 3.31. The number of fused-ring (bicyclic) bond motifs is 1. The number of aryl methyl sites for hydroxylation is 2. The molecule has 3 rings (SSSR count). The summed E-state index contributed by atoms with van der Waals surface area (Å²) in [5, 5.41) is 12.6. The van der Waals surface area contributed by atoms with Crippen LogP contribution in [0.15, 0.2) is 36.5 Å². The van der Waals surface area contributed by atoms with Gasteiger partial charge in [0.15, 0.2) is 11.5 Å². The lowest BCUT2D eigenvalue weighted by molar-refractivity contribution is -0.137. The molecule has 0 spiro atoms. The van der Waals surface area contributed by atoms with Gasteiger partial charge in [-0.05, 0) is 38.1 Å². The number of halogens is 3. The maximum Gasteiger partial charge on any atom is 0.417 e. The van der Waals surface area contributed by atoms with E-state index in [9.17, 15) is 22.8 Å². The molecule has 0 atom stereocenters. The van der Waals surface area contributed by atoms with E-state index in [1.54, 1.807) is 12.1 Å². The lowest BCUT2D eigenvalue weighted by Gasteiger charge is -2.09. The normalized spacial score (nSPS) is 11.5. The molecule has 29 heavy (non-hydrogen) atoms. The first kappa shape index (κ1) is 20.3. The van der Waals surface area contributed by atoms with Crippen molar-refractivity contribution >= 4 is 17.5 Å². The first-order valence-corrected chi connectivity index (χ1v) is 8.67. The monoisotopic (exact) mass is 405 g/mol. The van der Waals surface area contributed by atoms with Gasteiger partial charge in [-0.15, -0.1) is 10.2 Å². The van der Waals surface area contributed by atoms with E-state index in [4.69, 9.17) is 0 Å². The zero-order valence-electron chi connectivity index (χ0n) is 15.7. The molecular formula is C19H18F3N5O2. The van der Waals surface area contributed by atoms with Crippen LogP contribution < -0.4 is 10.6 Å². The van der Waals surface area contributed by atoms with Crippen LogP contribution in [0.3, 0.4) is 0 Å². The Bertz CT molecular complexity index is 1060. The van der Waals surface area contributed by atoms with E-state index in [0.29, 0.717) is 5.56 Å². The van der Waals surface area contributed by atoms with Crippen molar-refractivity contribution in [1.29, 1.82) is 0 Å². The van der Waals surface area contributed by atoms with Gasteiger partial charge >= 0.3 is 6.18 Å². The molecule has 0 aliphatic rings. The molecule has 0 bridgehead atoms. The van der Waals surface area contributed by atoms with Crippen molar-refractivity contribution in [3.05, 3.63) is 64.6 Å². The molecule has 0 radical (unpaired) electrons. The lowest BCUT2D eigenvalue weighted by atomic mass is 10.1. The number of hydrogen-bond donors (Lipinski definition) is 2. The zero-order chi connectivity index (χ0) is 21.2. The van der Waals surface area contributed by atoms with E-state index < -0.39 is 23.6 Å². The standard InChI is InChI=1S/C19H18F3N5O2/c1-11-5-12(2)7-13(6-11)18(29)24-9-17(28)23-8-16-26-25-15-4-3-14(10-27(15)16)19(20,21)22/h3-7,10H,8-9H2,1-2H3,(H,23,28)(H,24,29). The molecule has 3 aromatic rings. The molecule has 152 valence electrons. The first-order chi connectivity index (χ1) is 13.6. The molecule has 0 aliphatic carbocycles. The van der Waals surface area contributed by atoms with Gasteiger partial charge in [-0.25, -0.2) is 0 Å². The maximum absolute atomic E-state index is 12.9. The zero-order valence-corrected chi connectivity index (χ0v) is 15.7. The summed E-state index contributed by atoms with van der Waals surface area (Å²) in [6.07, 6.45) is -3.63. The summed E-state index contributed by atoms with van der Waals surface area (Å²) in [4.78, 5) is 24.2. The molecule has 0 saturated carbocycles. The molecule has 7 nitrogen and oxygen atoms in total. The molecule has 2 aromatic heterocycles. The van der Waals surface area contributed by atoms with Crippen LogP contribution in [0, 0.1) is 13.8 Å². The van der Waals surface area contributed by atoms with Gasteiger partial charge < -0.3 is 10.6 Å². The second-order valence-electron chi connectivity index (χ2n) is 6.60. The average Bonchev–Trinajstić information content (AvgIpc) is 3.05. The predicted molar refractivity (Wildman–Crippen MR) is 98.1 cm³/mol. The number of benzene rings is 1. The van der Waals surface area contributed by atoms with E-state index in [0.717, 1.165) is 27.8 Å². The average molecular weight is 405 g/mol. The van der Waals surface area contributed by atoms with E-state index in [2.05, 4.69) is 20.8 Å². The fourth-order valence-corrected chi connectivity index (χ4v) is 2.83. The highest BCUT2D eigenvalue weighted by Crippen LogP contribution is 2.29. The number of pyridine rings is 1. The number of rotatable bonds is 5. The number of nitrogens with zero attached hydrogens (tertiary/aromatic N) is 3. The minimum absolute atomic E-state index is 0.138. The number of carbonyl (C=O) groups is 2. The molecule has 0 fully saturated rings. The summed E-state index contributed by atoms with van der Waals surface area (Å²) in [7, 11) is 0.